The lowest BCUT2D eigenvalue weighted by molar-refractivity contribution is -0.0174. The molecule has 0 radical (unpaired) electrons. The number of hydrogen-bond donors (Lipinski definition) is 2. The van der Waals surface area contributed by atoms with Crippen molar-refractivity contribution in [1.82, 2.24) is 15.5 Å². The van der Waals surface area contributed by atoms with Crippen molar-refractivity contribution in [1.29, 1.82) is 0 Å². The fourth-order valence-corrected chi connectivity index (χ4v) is 3.24. The van der Waals surface area contributed by atoms with Gasteiger partial charge in [0.2, 0.25) is 0 Å². The molecule has 0 spiro atoms. The first-order valence-corrected chi connectivity index (χ1v) is 9.54. The molecule has 0 aliphatic carbocycles. The van der Waals surface area contributed by atoms with Crippen LogP contribution in [0.15, 0.2) is 23.2 Å². The third-order valence-electron chi connectivity index (χ3n) is 4.74. The number of aryl methyl sites for hydroxylation is 1. The Kier molecular flexibility index (Phi) is 8.19. The van der Waals surface area contributed by atoms with Crippen molar-refractivity contribution in [2.75, 3.05) is 40.0 Å². The quantitative estimate of drug-likeness (QED) is 0.575. The maximum Gasteiger partial charge on any atom is 0.191 e. The molecule has 1 aliphatic rings. The van der Waals surface area contributed by atoms with Crippen molar-refractivity contribution >= 4 is 5.96 Å². The summed E-state index contributed by atoms with van der Waals surface area (Å²) in [6.45, 7) is 13.5. The first kappa shape index (κ1) is 20.5. The van der Waals surface area contributed by atoms with Crippen LogP contribution in [-0.4, -0.2) is 62.9 Å². The third kappa shape index (κ3) is 5.88. The summed E-state index contributed by atoms with van der Waals surface area (Å²) in [5.41, 5.74) is 2.28. The zero-order chi connectivity index (χ0) is 18.9. The summed E-state index contributed by atoms with van der Waals surface area (Å²) in [5, 5.41) is 6.80. The van der Waals surface area contributed by atoms with Crippen molar-refractivity contribution < 1.29 is 9.47 Å². The molecule has 2 rings (SSSR count). The maximum absolute atomic E-state index is 5.53. The van der Waals surface area contributed by atoms with Gasteiger partial charge in [-0.15, -0.1) is 0 Å². The zero-order valence-corrected chi connectivity index (χ0v) is 16.8. The standard InChI is InChI=1S/C20H34N4O2/c1-6-21-20(22-12-16(3)24-9-10-26-14-17(24)4)23-13-18-8-7-15(2)11-19(18)25-5/h7-8,11,16-17H,6,9-10,12-14H2,1-5H3,(H2,21,22,23). The predicted octanol–water partition coefficient (Wildman–Crippen LogP) is 2.17. The average Bonchev–Trinajstić information content (AvgIpc) is 2.64. The molecule has 1 fully saturated rings. The number of aliphatic imine (C=N–C) groups is 1. The summed E-state index contributed by atoms with van der Waals surface area (Å²) in [6.07, 6.45) is 0. The molecule has 2 N–H and O–H groups in total. The van der Waals surface area contributed by atoms with Gasteiger partial charge in [-0.2, -0.15) is 0 Å². The van der Waals surface area contributed by atoms with E-state index in [9.17, 15) is 0 Å². The largest absolute Gasteiger partial charge is 0.496 e. The van der Waals surface area contributed by atoms with Gasteiger partial charge in [-0.05, 0) is 39.3 Å². The number of nitrogens with zero attached hydrogens (tertiary/aromatic N) is 2. The van der Waals surface area contributed by atoms with E-state index in [1.165, 1.54) is 5.56 Å². The second-order valence-corrected chi connectivity index (χ2v) is 6.90. The van der Waals surface area contributed by atoms with Gasteiger partial charge in [0.25, 0.3) is 0 Å². The first-order chi connectivity index (χ1) is 12.5. The van der Waals surface area contributed by atoms with Crippen molar-refractivity contribution in [3.05, 3.63) is 29.3 Å². The van der Waals surface area contributed by atoms with Gasteiger partial charge in [0, 0.05) is 37.3 Å². The number of guanidine groups is 1. The van der Waals surface area contributed by atoms with E-state index >= 15 is 0 Å². The molecule has 6 heteroatoms. The Morgan fingerprint density at radius 2 is 2.23 bits per heavy atom. The Morgan fingerprint density at radius 1 is 1.42 bits per heavy atom. The second-order valence-electron chi connectivity index (χ2n) is 6.90. The monoisotopic (exact) mass is 362 g/mol. The van der Waals surface area contributed by atoms with E-state index in [0.29, 0.717) is 18.6 Å². The fraction of sp³-hybridized carbons (Fsp3) is 0.650. The van der Waals surface area contributed by atoms with Crippen LogP contribution >= 0.6 is 0 Å². The van der Waals surface area contributed by atoms with Gasteiger partial charge in [0.15, 0.2) is 5.96 Å². The number of nitrogens with one attached hydrogen (secondary N) is 2. The molecule has 2 atom stereocenters. The molecule has 1 heterocycles. The highest BCUT2D eigenvalue weighted by atomic mass is 16.5. The Labute approximate surface area is 158 Å². The Balaban J connectivity index is 1.96. The van der Waals surface area contributed by atoms with Crippen LogP contribution in [0.5, 0.6) is 5.75 Å². The van der Waals surface area contributed by atoms with Gasteiger partial charge in [-0.3, -0.25) is 4.90 Å². The molecule has 1 aromatic rings. The van der Waals surface area contributed by atoms with Crippen LogP contribution in [-0.2, 0) is 11.3 Å². The summed E-state index contributed by atoms with van der Waals surface area (Å²) in [5.74, 6) is 1.72. The van der Waals surface area contributed by atoms with Gasteiger partial charge in [-0.25, -0.2) is 4.99 Å². The lowest BCUT2D eigenvalue weighted by Gasteiger charge is -2.38. The van der Waals surface area contributed by atoms with Crippen LogP contribution in [0.25, 0.3) is 0 Å². The van der Waals surface area contributed by atoms with E-state index in [0.717, 1.165) is 50.1 Å². The van der Waals surface area contributed by atoms with Gasteiger partial charge in [-0.1, -0.05) is 12.1 Å². The summed E-state index contributed by atoms with van der Waals surface area (Å²) < 4.78 is 11.0. The molecule has 6 nitrogen and oxygen atoms in total. The number of morpholine rings is 1. The molecule has 0 aromatic heterocycles. The van der Waals surface area contributed by atoms with E-state index < -0.39 is 0 Å². The van der Waals surface area contributed by atoms with Crippen LogP contribution in [0.2, 0.25) is 0 Å². The molecule has 1 aliphatic heterocycles. The van der Waals surface area contributed by atoms with E-state index in [4.69, 9.17) is 14.5 Å². The minimum absolute atomic E-state index is 0.423. The summed E-state index contributed by atoms with van der Waals surface area (Å²) in [4.78, 5) is 7.22. The topological polar surface area (TPSA) is 58.1 Å². The van der Waals surface area contributed by atoms with Gasteiger partial charge in [0.1, 0.15) is 5.75 Å². The van der Waals surface area contributed by atoms with Crippen molar-refractivity contribution in [2.24, 2.45) is 4.99 Å². The highest BCUT2D eigenvalue weighted by Crippen LogP contribution is 2.20. The summed E-state index contributed by atoms with van der Waals surface area (Å²) in [7, 11) is 1.70. The molecular weight excluding hydrogens is 328 g/mol. The minimum Gasteiger partial charge on any atom is -0.496 e. The van der Waals surface area contributed by atoms with E-state index in [1.807, 2.05) is 6.07 Å². The number of rotatable bonds is 7. The van der Waals surface area contributed by atoms with E-state index in [1.54, 1.807) is 7.11 Å². The second kappa shape index (κ2) is 10.4. The fourth-order valence-electron chi connectivity index (χ4n) is 3.24. The molecule has 0 saturated carbocycles. The number of benzene rings is 1. The van der Waals surface area contributed by atoms with Gasteiger partial charge < -0.3 is 20.1 Å². The van der Waals surface area contributed by atoms with E-state index in [2.05, 4.69) is 55.4 Å². The van der Waals surface area contributed by atoms with Crippen molar-refractivity contribution in [3.8, 4) is 5.75 Å². The lowest BCUT2D eigenvalue weighted by atomic mass is 10.1. The average molecular weight is 363 g/mol. The molecule has 1 aromatic carbocycles. The highest BCUT2D eigenvalue weighted by molar-refractivity contribution is 5.79. The predicted molar refractivity (Wildman–Crippen MR) is 107 cm³/mol. The molecular formula is C20H34N4O2. The van der Waals surface area contributed by atoms with E-state index in [-0.39, 0.29) is 0 Å². The Morgan fingerprint density at radius 3 is 2.92 bits per heavy atom. The Bertz CT molecular complexity index is 591. The minimum atomic E-state index is 0.423. The molecule has 2 unspecified atom stereocenters. The number of methoxy groups -OCH3 is 1. The maximum atomic E-state index is 5.53. The molecule has 26 heavy (non-hydrogen) atoms. The van der Waals surface area contributed by atoms with Crippen LogP contribution in [0, 0.1) is 6.92 Å². The molecule has 146 valence electrons. The number of ether oxygens (including phenoxy) is 2. The van der Waals surface area contributed by atoms with Crippen molar-refractivity contribution in [3.63, 3.8) is 0 Å². The van der Waals surface area contributed by atoms with Gasteiger partial charge >= 0.3 is 0 Å². The smallest absolute Gasteiger partial charge is 0.191 e. The molecule has 0 bridgehead atoms. The molecule has 1 saturated heterocycles. The first-order valence-electron chi connectivity index (χ1n) is 9.54. The number of hydrogen-bond acceptors (Lipinski definition) is 4. The molecule has 0 amide bonds. The summed E-state index contributed by atoms with van der Waals surface area (Å²) in [6, 6.07) is 7.10. The summed E-state index contributed by atoms with van der Waals surface area (Å²) >= 11 is 0. The van der Waals surface area contributed by atoms with Crippen LogP contribution in [0.1, 0.15) is 31.9 Å². The SMILES string of the molecule is CCNC(=NCc1ccc(C)cc1OC)NCC(C)N1CCOCC1C. The van der Waals surface area contributed by atoms with Crippen LogP contribution in [0.3, 0.4) is 0 Å². The van der Waals surface area contributed by atoms with Crippen LogP contribution < -0.4 is 15.4 Å². The Hall–Kier alpha value is -1.79. The lowest BCUT2D eigenvalue weighted by Crippen LogP contribution is -2.53. The van der Waals surface area contributed by atoms with Crippen LogP contribution in [0.4, 0.5) is 0 Å². The van der Waals surface area contributed by atoms with Gasteiger partial charge in [0.05, 0.1) is 26.9 Å². The highest BCUT2D eigenvalue weighted by Gasteiger charge is 2.23. The normalized spacial score (nSPS) is 19.9. The third-order valence-corrected chi connectivity index (χ3v) is 4.74. The zero-order valence-electron chi connectivity index (χ0n) is 16.8. The van der Waals surface area contributed by atoms with Crippen molar-refractivity contribution in [2.45, 2.75) is 46.3 Å².